The van der Waals surface area contributed by atoms with Gasteiger partial charge in [-0.1, -0.05) is 35.1 Å². The van der Waals surface area contributed by atoms with Gasteiger partial charge in [0.2, 0.25) is 0 Å². The molecule has 1 aromatic heterocycles. The second-order valence-corrected chi connectivity index (χ2v) is 9.40. The summed E-state index contributed by atoms with van der Waals surface area (Å²) >= 11 is 7.03. The lowest BCUT2D eigenvalue weighted by Gasteiger charge is -2.05. The number of urea groups is 1. The highest BCUT2D eigenvalue weighted by atomic mass is 35.5. The van der Waals surface area contributed by atoms with Crippen LogP contribution in [0.4, 0.5) is 9.93 Å². The Balaban J connectivity index is 1.73. The Morgan fingerprint density at radius 3 is 2.69 bits per heavy atom. The first-order chi connectivity index (χ1) is 13.8. The fourth-order valence-corrected chi connectivity index (χ4v) is 4.80. The number of halogens is 1. The number of rotatable bonds is 6. The molecule has 0 aliphatic carbocycles. The molecule has 29 heavy (non-hydrogen) atoms. The number of fused-ring (bicyclic) bond motifs is 1. The molecule has 0 aliphatic rings. The van der Waals surface area contributed by atoms with E-state index in [-0.39, 0.29) is 33.0 Å². The highest BCUT2D eigenvalue weighted by molar-refractivity contribution is 7.91. The van der Waals surface area contributed by atoms with E-state index in [4.69, 9.17) is 16.3 Å². The van der Waals surface area contributed by atoms with Crippen molar-refractivity contribution in [3.63, 3.8) is 0 Å². The number of sulfone groups is 1. The Morgan fingerprint density at radius 1 is 1.21 bits per heavy atom. The van der Waals surface area contributed by atoms with Gasteiger partial charge in [-0.15, -0.1) is 0 Å². The molecule has 0 bridgehead atoms. The Labute approximate surface area is 175 Å². The normalized spacial score (nSPS) is 11.4. The average molecular weight is 454 g/mol. The number of amides is 3. The summed E-state index contributed by atoms with van der Waals surface area (Å²) in [6.45, 7) is 0.0928. The fourth-order valence-electron chi connectivity index (χ4n) is 2.41. The van der Waals surface area contributed by atoms with E-state index in [0.29, 0.717) is 10.2 Å². The number of anilines is 1. The number of benzene rings is 2. The summed E-state index contributed by atoms with van der Waals surface area (Å²) in [5.41, 5.74) is 0.688. The maximum atomic E-state index is 12.3. The van der Waals surface area contributed by atoms with Crippen LogP contribution in [0.15, 0.2) is 47.4 Å². The summed E-state index contributed by atoms with van der Waals surface area (Å²) in [4.78, 5) is 28.6. The number of carbonyl (C=O) groups is 2. The Kier molecular flexibility index (Phi) is 6.48. The van der Waals surface area contributed by atoms with Crippen LogP contribution in [0.5, 0.6) is 0 Å². The van der Waals surface area contributed by atoms with Crippen molar-refractivity contribution >= 4 is 60.1 Å². The maximum Gasteiger partial charge on any atom is 0.327 e. The number of ether oxygens (including phenoxy) is 1. The molecule has 3 rings (SSSR count). The molecule has 0 spiro atoms. The van der Waals surface area contributed by atoms with Crippen LogP contribution in [0.1, 0.15) is 10.4 Å². The average Bonchev–Trinajstić information content (AvgIpc) is 3.07. The zero-order valence-corrected chi connectivity index (χ0v) is 17.5. The molecule has 2 N–H and O–H groups in total. The summed E-state index contributed by atoms with van der Waals surface area (Å²) in [6.07, 6.45) is 0. The van der Waals surface area contributed by atoms with Crippen molar-refractivity contribution in [1.29, 1.82) is 0 Å². The van der Waals surface area contributed by atoms with E-state index < -0.39 is 21.8 Å². The van der Waals surface area contributed by atoms with Gasteiger partial charge in [0, 0.05) is 7.11 Å². The van der Waals surface area contributed by atoms with Crippen molar-refractivity contribution < 1.29 is 22.7 Å². The molecule has 152 valence electrons. The third kappa shape index (κ3) is 5.10. The van der Waals surface area contributed by atoms with Crippen LogP contribution in [0.2, 0.25) is 5.02 Å². The van der Waals surface area contributed by atoms with E-state index >= 15 is 0 Å². The first-order valence-corrected chi connectivity index (χ1v) is 11.1. The van der Waals surface area contributed by atoms with E-state index in [2.05, 4.69) is 15.6 Å². The standard InChI is InChI=1S/C18H16ClN3O5S2/c1-27-8-9-29(25,26)11-6-7-14-15(10-11)28-18(20-14)22-17(24)21-16(23)12-4-2-3-5-13(12)19/h2-7,10H,8-9H2,1H3,(H2,20,21,22,23,24). The summed E-state index contributed by atoms with van der Waals surface area (Å²) in [7, 11) is -2.05. The molecule has 0 saturated heterocycles. The second-order valence-electron chi connectivity index (χ2n) is 5.85. The highest BCUT2D eigenvalue weighted by Crippen LogP contribution is 2.28. The lowest BCUT2D eigenvalue weighted by atomic mass is 10.2. The van der Waals surface area contributed by atoms with Gasteiger partial charge < -0.3 is 4.74 Å². The second kappa shape index (κ2) is 8.87. The summed E-state index contributed by atoms with van der Waals surface area (Å²) in [5.74, 6) is -0.786. The largest absolute Gasteiger partial charge is 0.384 e. The van der Waals surface area contributed by atoms with Gasteiger partial charge in [-0.2, -0.15) is 0 Å². The molecule has 3 aromatic rings. The van der Waals surface area contributed by atoms with Crippen LogP contribution in [0, 0.1) is 0 Å². The lowest BCUT2D eigenvalue weighted by Crippen LogP contribution is -2.34. The Bertz CT molecular complexity index is 1180. The highest BCUT2D eigenvalue weighted by Gasteiger charge is 2.17. The van der Waals surface area contributed by atoms with Gasteiger partial charge in [-0.25, -0.2) is 18.2 Å². The van der Waals surface area contributed by atoms with E-state index in [1.54, 1.807) is 24.3 Å². The van der Waals surface area contributed by atoms with Gasteiger partial charge in [0.05, 0.1) is 38.1 Å². The molecule has 0 fully saturated rings. The molecular formula is C18H16ClN3O5S2. The van der Waals surface area contributed by atoms with E-state index in [1.165, 1.54) is 25.3 Å². The summed E-state index contributed by atoms with van der Waals surface area (Å²) in [6, 6.07) is 10.1. The first-order valence-electron chi connectivity index (χ1n) is 8.29. The summed E-state index contributed by atoms with van der Waals surface area (Å²) in [5, 5.41) is 5.08. The fraction of sp³-hybridized carbons (Fsp3) is 0.167. The zero-order chi connectivity index (χ0) is 21.0. The Hall–Kier alpha value is -2.53. The quantitative estimate of drug-likeness (QED) is 0.591. The van der Waals surface area contributed by atoms with E-state index in [0.717, 1.165) is 11.3 Å². The topological polar surface area (TPSA) is 114 Å². The van der Waals surface area contributed by atoms with E-state index in [9.17, 15) is 18.0 Å². The van der Waals surface area contributed by atoms with Gasteiger partial charge in [-0.05, 0) is 30.3 Å². The molecule has 3 amide bonds. The van der Waals surface area contributed by atoms with E-state index in [1.807, 2.05) is 0 Å². The van der Waals surface area contributed by atoms with Crippen molar-refractivity contribution in [3.8, 4) is 0 Å². The Morgan fingerprint density at radius 2 is 1.97 bits per heavy atom. The van der Waals surface area contributed by atoms with Crippen molar-refractivity contribution in [2.24, 2.45) is 0 Å². The third-order valence-corrected chi connectivity index (χ3v) is 6.78. The number of nitrogens with zero attached hydrogens (tertiary/aromatic N) is 1. The van der Waals surface area contributed by atoms with Crippen molar-refractivity contribution in [1.82, 2.24) is 10.3 Å². The third-order valence-electron chi connectivity index (χ3n) is 3.84. The van der Waals surface area contributed by atoms with Gasteiger partial charge in [0.1, 0.15) is 0 Å². The monoisotopic (exact) mass is 453 g/mol. The van der Waals surface area contributed by atoms with Crippen LogP contribution in [-0.2, 0) is 14.6 Å². The van der Waals surface area contributed by atoms with Crippen molar-refractivity contribution in [2.45, 2.75) is 4.90 Å². The number of aromatic nitrogens is 1. The molecule has 0 atom stereocenters. The maximum absolute atomic E-state index is 12.3. The molecular weight excluding hydrogens is 438 g/mol. The minimum Gasteiger partial charge on any atom is -0.384 e. The number of carbonyl (C=O) groups excluding carboxylic acids is 2. The predicted octanol–water partition coefficient (Wildman–Crippen LogP) is 3.33. The molecule has 11 heteroatoms. The van der Waals surface area contributed by atoms with Gasteiger partial charge >= 0.3 is 6.03 Å². The van der Waals surface area contributed by atoms with Crippen LogP contribution < -0.4 is 10.6 Å². The van der Waals surface area contributed by atoms with Gasteiger partial charge in [0.25, 0.3) is 5.91 Å². The SMILES string of the molecule is COCCS(=O)(=O)c1ccc2nc(NC(=O)NC(=O)c3ccccc3Cl)sc2c1. The van der Waals surface area contributed by atoms with Crippen LogP contribution >= 0.6 is 22.9 Å². The first kappa shape index (κ1) is 21.2. The van der Waals surface area contributed by atoms with Gasteiger partial charge in [0.15, 0.2) is 15.0 Å². The number of thiazole rings is 1. The summed E-state index contributed by atoms with van der Waals surface area (Å²) < 4.78 is 30.0. The minimum atomic E-state index is -3.48. The number of nitrogens with one attached hydrogen (secondary N) is 2. The molecule has 1 heterocycles. The molecule has 0 unspecified atom stereocenters. The molecule has 0 aliphatic heterocycles. The van der Waals surface area contributed by atoms with Crippen LogP contribution in [-0.4, -0.2) is 44.8 Å². The van der Waals surface area contributed by atoms with Crippen molar-refractivity contribution in [2.75, 3.05) is 24.8 Å². The predicted molar refractivity (Wildman–Crippen MR) is 111 cm³/mol. The van der Waals surface area contributed by atoms with Crippen molar-refractivity contribution in [3.05, 3.63) is 53.1 Å². The van der Waals surface area contributed by atoms with Gasteiger partial charge in [-0.3, -0.25) is 15.4 Å². The smallest absolute Gasteiger partial charge is 0.327 e. The molecule has 0 saturated carbocycles. The number of hydrogen-bond donors (Lipinski definition) is 2. The molecule has 0 radical (unpaired) electrons. The molecule has 2 aromatic carbocycles. The number of hydrogen-bond acceptors (Lipinski definition) is 7. The lowest BCUT2D eigenvalue weighted by molar-refractivity contribution is 0.0967. The minimum absolute atomic E-state index is 0.0928. The number of imide groups is 1. The zero-order valence-electron chi connectivity index (χ0n) is 15.1. The van der Waals surface area contributed by atoms with Crippen LogP contribution in [0.25, 0.3) is 10.2 Å². The number of methoxy groups -OCH3 is 1. The molecule has 8 nitrogen and oxygen atoms in total. The van der Waals surface area contributed by atoms with Crippen LogP contribution in [0.3, 0.4) is 0 Å².